The molecule has 0 amide bonds. The van der Waals surface area contributed by atoms with E-state index < -0.39 is 19.7 Å². The Morgan fingerprint density at radius 1 is 1.18 bits per heavy atom. The fraction of sp³-hybridized carbons (Fsp3) is 0.710. The van der Waals surface area contributed by atoms with Crippen LogP contribution in [0.2, 0.25) is 18.1 Å². The molecule has 4 atom stereocenters. The number of hydrogen-bond acceptors (Lipinski definition) is 6. The lowest BCUT2D eigenvalue weighted by Gasteiger charge is -2.53. The summed E-state index contributed by atoms with van der Waals surface area (Å²) in [6.45, 7) is 21.6. The van der Waals surface area contributed by atoms with Crippen LogP contribution in [0.15, 0.2) is 42.0 Å². The van der Waals surface area contributed by atoms with Crippen LogP contribution in [0.5, 0.6) is 0 Å². The zero-order valence-electron chi connectivity index (χ0n) is 25.1. The Kier molecular flexibility index (Phi) is 10.2. The first kappa shape index (κ1) is 31.2. The van der Waals surface area contributed by atoms with Gasteiger partial charge in [0.2, 0.25) is 0 Å². The molecule has 0 radical (unpaired) electrons. The summed E-state index contributed by atoms with van der Waals surface area (Å²) in [6, 6.07) is 10.1. The molecule has 0 saturated carbocycles. The molecule has 1 unspecified atom stereocenters. The maximum absolute atomic E-state index is 12.6. The van der Waals surface area contributed by atoms with Gasteiger partial charge < -0.3 is 23.4 Å². The number of hydrogen-bond donors (Lipinski definition) is 0. The third-order valence-corrected chi connectivity index (χ3v) is 12.8. The smallest absolute Gasteiger partial charge is 0.191 e. The number of Topliss-reactive ketones (excluding diaryl/α,β-unsaturated/α-hetero) is 1. The average Bonchev–Trinajstić information content (AvgIpc) is 2.81. The molecule has 0 aromatic heterocycles. The van der Waals surface area contributed by atoms with E-state index in [1.807, 2.05) is 44.2 Å². The third kappa shape index (κ3) is 8.09. The maximum atomic E-state index is 12.6. The van der Waals surface area contributed by atoms with Crippen LogP contribution >= 0.6 is 0 Å². The van der Waals surface area contributed by atoms with Crippen LogP contribution in [-0.2, 0) is 34.8 Å². The average molecular weight is 547 g/mol. The van der Waals surface area contributed by atoms with E-state index in [0.29, 0.717) is 32.2 Å². The summed E-state index contributed by atoms with van der Waals surface area (Å²) in [4.78, 5) is 12.6. The van der Waals surface area contributed by atoms with Crippen molar-refractivity contribution in [1.29, 1.82) is 0 Å². The molecule has 7 heteroatoms. The molecule has 2 aliphatic rings. The second kappa shape index (κ2) is 12.4. The molecule has 1 spiro atoms. The molecular formula is C31H50O6Si. The number of ether oxygens (including phenoxy) is 4. The van der Waals surface area contributed by atoms with E-state index in [1.165, 1.54) is 5.57 Å². The zero-order chi connectivity index (χ0) is 28.2. The highest BCUT2D eigenvalue weighted by molar-refractivity contribution is 6.74. The molecule has 0 aliphatic carbocycles. The van der Waals surface area contributed by atoms with Gasteiger partial charge in [-0.25, -0.2) is 0 Å². The summed E-state index contributed by atoms with van der Waals surface area (Å²) in [6.07, 6.45) is 3.16. The largest absolute Gasteiger partial charge is 0.417 e. The van der Waals surface area contributed by atoms with Gasteiger partial charge in [-0.3, -0.25) is 4.79 Å². The van der Waals surface area contributed by atoms with E-state index >= 15 is 0 Å². The molecule has 214 valence electrons. The van der Waals surface area contributed by atoms with Gasteiger partial charge in [0.05, 0.1) is 19.8 Å². The van der Waals surface area contributed by atoms with Crippen molar-refractivity contribution < 1.29 is 28.2 Å². The number of benzene rings is 1. The molecule has 2 aliphatic heterocycles. The predicted octanol–water partition coefficient (Wildman–Crippen LogP) is 6.69. The Hall–Kier alpha value is -1.35. The van der Waals surface area contributed by atoms with Gasteiger partial charge in [0, 0.05) is 18.9 Å². The highest BCUT2D eigenvalue weighted by Gasteiger charge is 2.55. The van der Waals surface area contributed by atoms with Gasteiger partial charge in [-0.2, -0.15) is 0 Å². The molecule has 6 nitrogen and oxygen atoms in total. The van der Waals surface area contributed by atoms with Crippen molar-refractivity contribution >= 4 is 14.1 Å². The molecule has 38 heavy (non-hydrogen) atoms. The molecule has 0 bridgehead atoms. The van der Waals surface area contributed by atoms with E-state index in [-0.39, 0.29) is 29.5 Å². The Labute approximate surface area is 231 Å². The number of ketones is 1. The van der Waals surface area contributed by atoms with Crippen LogP contribution in [0.4, 0.5) is 0 Å². The highest BCUT2D eigenvalue weighted by Crippen LogP contribution is 2.43. The van der Waals surface area contributed by atoms with E-state index in [2.05, 4.69) is 53.8 Å². The minimum atomic E-state index is -1.79. The van der Waals surface area contributed by atoms with E-state index in [4.69, 9.17) is 23.4 Å². The highest BCUT2D eigenvalue weighted by atomic mass is 28.4. The number of allylic oxidation sites excluding steroid dienone is 1. The summed E-state index contributed by atoms with van der Waals surface area (Å²) in [5.41, 5.74) is 1.56. The first-order chi connectivity index (χ1) is 17.6. The van der Waals surface area contributed by atoms with E-state index in [9.17, 15) is 4.79 Å². The zero-order valence-corrected chi connectivity index (χ0v) is 26.1. The molecule has 2 saturated heterocycles. The molecule has 1 aromatic carbocycles. The Morgan fingerprint density at radius 2 is 1.87 bits per heavy atom. The fourth-order valence-corrected chi connectivity index (χ4v) is 6.09. The van der Waals surface area contributed by atoms with Crippen LogP contribution in [0, 0.1) is 11.8 Å². The standard InChI is InChI=1S/C31H50O6Si/c1-23(15-24(2)18-36-38(8,9)29(3,4)5)16-26-17-27(32)20-34-31(26)22-35-30(6,7)37-28(31)21-33-19-25-13-11-10-12-14-25/h10-14,16,24,26,28H,15,17-22H2,1-9H3/b23-16+/t24-,26-,28-,31?/m0/s1. The van der Waals surface area contributed by atoms with Crippen molar-refractivity contribution in [2.45, 2.75) is 104 Å². The molecular weight excluding hydrogens is 496 g/mol. The van der Waals surface area contributed by atoms with Crippen molar-refractivity contribution in [2.24, 2.45) is 11.8 Å². The SMILES string of the molecule is C/C(=C\[C@H]1CC(=O)COC12COC(C)(C)O[C@H]2COCc1ccccc1)C[C@H](C)CO[Si](C)(C)C(C)(C)C. The first-order valence-corrected chi connectivity index (χ1v) is 16.9. The van der Waals surface area contributed by atoms with Crippen molar-refractivity contribution in [1.82, 2.24) is 0 Å². The summed E-state index contributed by atoms with van der Waals surface area (Å²) < 4.78 is 31.5. The molecule has 0 N–H and O–H groups in total. The summed E-state index contributed by atoms with van der Waals surface area (Å²) >= 11 is 0. The predicted molar refractivity (Wildman–Crippen MR) is 153 cm³/mol. The van der Waals surface area contributed by atoms with Gasteiger partial charge in [0.25, 0.3) is 0 Å². The monoisotopic (exact) mass is 546 g/mol. The van der Waals surface area contributed by atoms with E-state index in [1.54, 1.807) is 0 Å². The first-order valence-electron chi connectivity index (χ1n) is 14.0. The van der Waals surface area contributed by atoms with Crippen LogP contribution in [0.1, 0.15) is 66.9 Å². The van der Waals surface area contributed by atoms with Crippen molar-refractivity contribution in [3.05, 3.63) is 47.5 Å². The van der Waals surface area contributed by atoms with Crippen LogP contribution in [0.25, 0.3) is 0 Å². The fourth-order valence-electron chi connectivity index (χ4n) is 4.96. The van der Waals surface area contributed by atoms with Gasteiger partial charge in [-0.15, -0.1) is 0 Å². The lowest BCUT2D eigenvalue weighted by atomic mass is 9.76. The molecule has 2 heterocycles. The quantitative estimate of drug-likeness (QED) is 0.241. The molecule has 1 aromatic rings. The van der Waals surface area contributed by atoms with Crippen LogP contribution < -0.4 is 0 Å². The number of rotatable bonds is 10. The van der Waals surface area contributed by atoms with Gasteiger partial charge in [-0.1, -0.05) is 69.7 Å². The third-order valence-electron chi connectivity index (χ3n) is 8.27. The topological polar surface area (TPSA) is 63.2 Å². The van der Waals surface area contributed by atoms with Crippen molar-refractivity contribution in [3.8, 4) is 0 Å². The molecule has 3 rings (SSSR count). The second-order valence-corrected chi connectivity index (χ2v) is 18.1. The summed E-state index contributed by atoms with van der Waals surface area (Å²) in [5, 5.41) is 0.191. The van der Waals surface area contributed by atoms with Gasteiger partial charge in [0.15, 0.2) is 19.9 Å². The Morgan fingerprint density at radius 3 is 2.53 bits per heavy atom. The Balaban J connectivity index is 1.73. The number of carbonyl (C=O) groups is 1. The van der Waals surface area contributed by atoms with Gasteiger partial charge in [0.1, 0.15) is 18.3 Å². The lowest BCUT2D eigenvalue weighted by Crippen LogP contribution is -2.66. The molecule has 2 fully saturated rings. The minimum absolute atomic E-state index is 0.0719. The summed E-state index contributed by atoms with van der Waals surface area (Å²) in [7, 11) is -1.79. The maximum Gasteiger partial charge on any atom is 0.191 e. The second-order valence-electron chi connectivity index (χ2n) is 13.3. The van der Waals surface area contributed by atoms with E-state index in [0.717, 1.165) is 18.6 Å². The summed E-state index contributed by atoms with van der Waals surface area (Å²) in [5.74, 6) is -0.429. The Bertz CT molecular complexity index is 951. The lowest BCUT2D eigenvalue weighted by molar-refractivity contribution is -0.357. The van der Waals surface area contributed by atoms with Gasteiger partial charge in [-0.05, 0) is 56.8 Å². The van der Waals surface area contributed by atoms with Crippen LogP contribution in [-0.4, -0.2) is 58.0 Å². The minimum Gasteiger partial charge on any atom is -0.417 e. The normalized spacial score (nSPS) is 27.5. The number of carbonyl (C=O) groups excluding carboxylic acids is 1. The van der Waals surface area contributed by atoms with Gasteiger partial charge >= 0.3 is 0 Å². The van der Waals surface area contributed by atoms with Crippen molar-refractivity contribution in [2.75, 3.05) is 26.4 Å². The van der Waals surface area contributed by atoms with Crippen LogP contribution in [0.3, 0.4) is 0 Å². The van der Waals surface area contributed by atoms with Crippen molar-refractivity contribution in [3.63, 3.8) is 0 Å².